The average Bonchev–Trinajstić information content (AvgIpc) is 2.33. The summed E-state index contributed by atoms with van der Waals surface area (Å²) in [6.07, 6.45) is 2.34. The van der Waals surface area contributed by atoms with Gasteiger partial charge in [-0.2, -0.15) is 0 Å². The Kier molecular flexibility index (Phi) is 1.87. The summed E-state index contributed by atoms with van der Waals surface area (Å²) in [5, 5.41) is 3.03. The third-order valence-corrected chi connectivity index (χ3v) is 5.12. The van der Waals surface area contributed by atoms with Crippen LogP contribution >= 0.6 is 0 Å². The third-order valence-electron chi connectivity index (χ3n) is 5.12. The first kappa shape index (κ1) is 10.7. The highest BCUT2D eigenvalue weighted by molar-refractivity contribution is 5.92. The van der Waals surface area contributed by atoms with Gasteiger partial charge in [-0.05, 0) is 12.8 Å². The van der Waals surface area contributed by atoms with Gasteiger partial charge in [0.2, 0.25) is 5.91 Å². The predicted molar refractivity (Wildman–Crippen MR) is 57.3 cm³/mol. The molecule has 0 spiro atoms. The van der Waals surface area contributed by atoms with Crippen molar-refractivity contribution in [1.29, 1.82) is 0 Å². The van der Waals surface area contributed by atoms with Gasteiger partial charge in [-0.1, -0.05) is 20.8 Å². The lowest BCUT2D eigenvalue weighted by Gasteiger charge is -2.40. The zero-order chi connectivity index (χ0) is 11.5. The number of fused-ring (bicyclic) bond motifs is 2. The van der Waals surface area contributed by atoms with E-state index in [1.807, 2.05) is 6.92 Å². The van der Waals surface area contributed by atoms with E-state index < -0.39 is 0 Å². The Morgan fingerprint density at radius 3 is 2.20 bits per heavy atom. The standard InChI is InChI=1S/C12H19NO2/c1-8(14)13-12-6-5-11(4,9(15)7-12)10(12,2)3/h5-7H2,1-4H3,(H,13,14)/t11-,12+/m0/s1. The second-order valence-corrected chi connectivity index (χ2v) is 5.82. The summed E-state index contributed by atoms with van der Waals surface area (Å²) < 4.78 is 0. The molecule has 2 aliphatic rings. The van der Waals surface area contributed by atoms with Crippen molar-refractivity contribution in [2.24, 2.45) is 10.8 Å². The van der Waals surface area contributed by atoms with E-state index in [1.54, 1.807) is 0 Å². The van der Waals surface area contributed by atoms with Crippen LogP contribution in [0.5, 0.6) is 0 Å². The van der Waals surface area contributed by atoms with E-state index in [4.69, 9.17) is 0 Å². The molecule has 2 rings (SSSR count). The first-order valence-electron chi connectivity index (χ1n) is 5.57. The van der Waals surface area contributed by atoms with Crippen molar-refractivity contribution >= 4 is 11.7 Å². The van der Waals surface area contributed by atoms with Gasteiger partial charge >= 0.3 is 0 Å². The summed E-state index contributed by atoms with van der Waals surface area (Å²) in [6, 6.07) is 0. The molecule has 1 N–H and O–H groups in total. The van der Waals surface area contributed by atoms with Crippen LogP contribution in [0.15, 0.2) is 0 Å². The summed E-state index contributed by atoms with van der Waals surface area (Å²) in [5.41, 5.74) is -0.650. The van der Waals surface area contributed by atoms with Crippen LogP contribution in [0.4, 0.5) is 0 Å². The largest absolute Gasteiger partial charge is 0.350 e. The summed E-state index contributed by atoms with van der Waals surface area (Å²) in [4.78, 5) is 23.3. The van der Waals surface area contributed by atoms with Crippen molar-refractivity contribution in [2.45, 2.75) is 52.5 Å². The fourth-order valence-corrected chi connectivity index (χ4v) is 3.48. The molecule has 2 fully saturated rings. The second-order valence-electron chi connectivity index (χ2n) is 5.82. The lowest BCUT2D eigenvalue weighted by molar-refractivity contribution is -0.128. The van der Waals surface area contributed by atoms with E-state index in [0.717, 1.165) is 12.8 Å². The zero-order valence-corrected chi connectivity index (χ0v) is 9.94. The minimum atomic E-state index is -0.287. The van der Waals surface area contributed by atoms with Gasteiger partial charge < -0.3 is 5.32 Å². The van der Waals surface area contributed by atoms with Crippen LogP contribution in [0.2, 0.25) is 0 Å². The zero-order valence-electron chi connectivity index (χ0n) is 9.94. The molecule has 0 saturated heterocycles. The molecule has 0 unspecified atom stereocenters. The van der Waals surface area contributed by atoms with Crippen LogP contribution in [0.1, 0.15) is 47.0 Å². The van der Waals surface area contributed by atoms with Gasteiger partial charge in [0.1, 0.15) is 5.78 Å². The molecule has 15 heavy (non-hydrogen) atoms. The lowest BCUT2D eigenvalue weighted by atomic mass is 9.68. The van der Waals surface area contributed by atoms with Crippen LogP contribution in [0.25, 0.3) is 0 Å². The van der Waals surface area contributed by atoms with Gasteiger partial charge in [-0.25, -0.2) is 0 Å². The molecule has 1 amide bonds. The number of rotatable bonds is 1. The quantitative estimate of drug-likeness (QED) is 0.714. The lowest BCUT2D eigenvalue weighted by Crippen LogP contribution is -2.53. The SMILES string of the molecule is CC(=O)N[C@]12CC[C@@](C)(C(=O)C1)C2(C)C. The van der Waals surface area contributed by atoms with E-state index in [-0.39, 0.29) is 22.3 Å². The molecule has 0 heterocycles. The summed E-state index contributed by atoms with van der Waals surface area (Å²) in [6.45, 7) is 7.80. The van der Waals surface area contributed by atoms with E-state index in [1.165, 1.54) is 6.92 Å². The van der Waals surface area contributed by atoms with Crippen LogP contribution in [0.3, 0.4) is 0 Å². The molecular formula is C12H19NO2. The van der Waals surface area contributed by atoms with Crippen molar-refractivity contribution < 1.29 is 9.59 Å². The van der Waals surface area contributed by atoms with Crippen molar-refractivity contribution in [1.82, 2.24) is 5.32 Å². The van der Waals surface area contributed by atoms with Gasteiger partial charge in [0, 0.05) is 24.2 Å². The number of hydrogen-bond donors (Lipinski definition) is 1. The molecule has 3 nitrogen and oxygen atoms in total. The summed E-state index contributed by atoms with van der Waals surface area (Å²) in [7, 11) is 0. The van der Waals surface area contributed by atoms with E-state index >= 15 is 0 Å². The highest BCUT2D eigenvalue weighted by atomic mass is 16.2. The number of carbonyl (C=O) groups excluding carboxylic acids is 2. The molecular weight excluding hydrogens is 190 g/mol. The molecule has 2 aliphatic carbocycles. The minimum absolute atomic E-state index is 0.0259. The molecule has 2 bridgehead atoms. The second kappa shape index (κ2) is 2.63. The smallest absolute Gasteiger partial charge is 0.217 e. The Hall–Kier alpha value is -0.860. The highest BCUT2D eigenvalue weighted by Gasteiger charge is 2.69. The Morgan fingerprint density at radius 1 is 1.27 bits per heavy atom. The Morgan fingerprint density at radius 2 is 1.87 bits per heavy atom. The Balaban J connectivity index is 2.44. The fraction of sp³-hybridized carbons (Fsp3) is 0.833. The van der Waals surface area contributed by atoms with Gasteiger partial charge in [0.05, 0.1) is 5.54 Å². The number of nitrogens with one attached hydrogen (secondary N) is 1. The molecule has 2 atom stereocenters. The Bertz CT molecular complexity index is 344. The molecule has 0 aliphatic heterocycles. The van der Waals surface area contributed by atoms with Gasteiger partial charge in [-0.15, -0.1) is 0 Å². The first-order valence-corrected chi connectivity index (χ1v) is 5.57. The highest BCUT2D eigenvalue weighted by Crippen LogP contribution is 2.65. The van der Waals surface area contributed by atoms with Crippen LogP contribution < -0.4 is 5.32 Å². The maximum Gasteiger partial charge on any atom is 0.217 e. The molecule has 0 aromatic heterocycles. The van der Waals surface area contributed by atoms with E-state index in [9.17, 15) is 9.59 Å². The van der Waals surface area contributed by atoms with Crippen molar-refractivity contribution in [3.63, 3.8) is 0 Å². The number of Topliss-reactive ketones (excluding diaryl/α,β-unsaturated/α-hetero) is 1. The van der Waals surface area contributed by atoms with E-state index in [0.29, 0.717) is 12.2 Å². The van der Waals surface area contributed by atoms with Crippen molar-refractivity contribution in [2.75, 3.05) is 0 Å². The van der Waals surface area contributed by atoms with Gasteiger partial charge in [0.15, 0.2) is 0 Å². The number of carbonyl (C=O) groups is 2. The maximum atomic E-state index is 12.0. The molecule has 0 aromatic carbocycles. The molecule has 3 heteroatoms. The average molecular weight is 209 g/mol. The maximum absolute atomic E-state index is 12.0. The minimum Gasteiger partial charge on any atom is -0.350 e. The number of amides is 1. The van der Waals surface area contributed by atoms with Gasteiger partial charge in [-0.3, -0.25) is 9.59 Å². The molecule has 84 valence electrons. The number of ketones is 1. The molecule has 0 aromatic rings. The first-order chi connectivity index (χ1) is 6.75. The van der Waals surface area contributed by atoms with Crippen molar-refractivity contribution in [3.8, 4) is 0 Å². The van der Waals surface area contributed by atoms with Gasteiger partial charge in [0.25, 0.3) is 0 Å². The van der Waals surface area contributed by atoms with Crippen LogP contribution in [0, 0.1) is 10.8 Å². The molecule has 2 saturated carbocycles. The van der Waals surface area contributed by atoms with Crippen molar-refractivity contribution in [3.05, 3.63) is 0 Å². The third kappa shape index (κ3) is 1.01. The topological polar surface area (TPSA) is 46.2 Å². The predicted octanol–water partition coefficient (Wildman–Crippen LogP) is 1.66. The fourth-order valence-electron chi connectivity index (χ4n) is 3.48. The normalized spacial score (nSPS) is 42.0. The summed E-state index contributed by atoms with van der Waals surface area (Å²) >= 11 is 0. The summed E-state index contributed by atoms with van der Waals surface area (Å²) in [5.74, 6) is 0.287. The monoisotopic (exact) mass is 209 g/mol. The number of hydrogen-bond acceptors (Lipinski definition) is 2. The van der Waals surface area contributed by atoms with Crippen LogP contribution in [-0.4, -0.2) is 17.2 Å². The van der Waals surface area contributed by atoms with E-state index in [2.05, 4.69) is 19.2 Å². The van der Waals surface area contributed by atoms with Crippen LogP contribution in [-0.2, 0) is 9.59 Å². The molecule has 0 radical (unpaired) electrons. The Labute approximate surface area is 90.6 Å².